The zero-order chi connectivity index (χ0) is 10.7. The van der Waals surface area contributed by atoms with Crippen molar-refractivity contribution < 1.29 is 9.59 Å². The van der Waals surface area contributed by atoms with Gasteiger partial charge >= 0.3 is 0 Å². The molecule has 0 bridgehead atoms. The first kappa shape index (κ1) is 10.7. The van der Waals surface area contributed by atoms with Crippen LogP contribution in [-0.4, -0.2) is 55.1 Å². The third-order valence-corrected chi connectivity index (χ3v) is 2.23. The molecular formula is C9H15N3O2. The molecule has 1 aliphatic rings. The fourth-order valence-electron chi connectivity index (χ4n) is 1.35. The predicted octanol–water partition coefficient (Wildman–Crippen LogP) is -0.275. The summed E-state index contributed by atoms with van der Waals surface area (Å²) in [4.78, 5) is 29.7. The third kappa shape index (κ3) is 2.10. The lowest BCUT2D eigenvalue weighted by Gasteiger charge is -2.20. The molecule has 1 rings (SSSR count). The Labute approximate surface area is 83.4 Å². The highest BCUT2D eigenvalue weighted by Gasteiger charge is 2.29. The van der Waals surface area contributed by atoms with E-state index in [9.17, 15) is 9.59 Å². The molecule has 5 nitrogen and oxygen atoms in total. The highest BCUT2D eigenvalue weighted by Crippen LogP contribution is 2.11. The summed E-state index contributed by atoms with van der Waals surface area (Å²) in [7, 11) is 5.33. The van der Waals surface area contributed by atoms with E-state index in [2.05, 4.69) is 4.99 Å². The van der Waals surface area contributed by atoms with Crippen LogP contribution in [0.4, 0.5) is 0 Å². The molecular weight excluding hydrogens is 182 g/mol. The average molecular weight is 197 g/mol. The van der Waals surface area contributed by atoms with E-state index < -0.39 is 0 Å². The molecule has 1 heterocycles. The van der Waals surface area contributed by atoms with Crippen LogP contribution < -0.4 is 0 Å². The zero-order valence-corrected chi connectivity index (χ0v) is 8.78. The summed E-state index contributed by atoms with van der Waals surface area (Å²) in [5, 5.41) is 0. The molecule has 0 atom stereocenters. The van der Waals surface area contributed by atoms with Gasteiger partial charge in [0.25, 0.3) is 0 Å². The van der Waals surface area contributed by atoms with E-state index in [1.807, 2.05) is 14.1 Å². The normalized spacial score (nSPS) is 17.9. The Morgan fingerprint density at radius 2 is 1.86 bits per heavy atom. The van der Waals surface area contributed by atoms with Crippen LogP contribution in [0, 0.1) is 0 Å². The van der Waals surface area contributed by atoms with Crippen molar-refractivity contribution in [1.82, 2.24) is 9.80 Å². The summed E-state index contributed by atoms with van der Waals surface area (Å²) in [6.07, 6.45) is 0.673. The van der Waals surface area contributed by atoms with E-state index in [1.54, 1.807) is 11.9 Å². The van der Waals surface area contributed by atoms with E-state index in [4.69, 9.17) is 0 Å². The first-order valence-electron chi connectivity index (χ1n) is 4.52. The Morgan fingerprint density at radius 1 is 1.36 bits per heavy atom. The summed E-state index contributed by atoms with van der Waals surface area (Å²) < 4.78 is 0. The highest BCUT2D eigenvalue weighted by atomic mass is 16.2. The van der Waals surface area contributed by atoms with Gasteiger partial charge in [-0.2, -0.15) is 0 Å². The minimum Gasteiger partial charge on any atom is -0.365 e. The molecule has 0 aliphatic carbocycles. The molecule has 1 saturated heterocycles. The molecule has 78 valence electrons. The zero-order valence-electron chi connectivity index (χ0n) is 8.78. The van der Waals surface area contributed by atoms with E-state index in [0.717, 1.165) is 5.84 Å². The minimum absolute atomic E-state index is 0.0991. The second-order valence-corrected chi connectivity index (χ2v) is 3.41. The van der Waals surface area contributed by atoms with Crippen LogP contribution in [0.15, 0.2) is 4.99 Å². The van der Waals surface area contributed by atoms with Crippen molar-refractivity contribution in [3.05, 3.63) is 0 Å². The van der Waals surface area contributed by atoms with Gasteiger partial charge in [-0.1, -0.05) is 0 Å². The van der Waals surface area contributed by atoms with Crippen LogP contribution in [0.3, 0.4) is 0 Å². The van der Waals surface area contributed by atoms with Crippen molar-refractivity contribution in [2.24, 2.45) is 4.99 Å². The fourth-order valence-corrected chi connectivity index (χ4v) is 1.35. The number of likely N-dealkylation sites (N-methyl/N-ethyl adjacent to an activating group) is 1. The maximum Gasteiger partial charge on any atom is 0.230 e. The van der Waals surface area contributed by atoms with Gasteiger partial charge in [0.15, 0.2) is 0 Å². The van der Waals surface area contributed by atoms with E-state index in [-0.39, 0.29) is 11.8 Å². The summed E-state index contributed by atoms with van der Waals surface area (Å²) >= 11 is 0. The molecule has 0 radical (unpaired) electrons. The van der Waals surface area contributed by atoms with Gasteiger partial charge in [-0.3, -0.25) is 19.5 Å². The van der Waals surface area contributed by atoms with Gasteiger partial charge in [-0.15, -0.1) is 0 Å². The summed E-state index contributed by atoms with van der Waals surface area (Å²) in [6.45, 7) is 0.293. The number of hydrogen-bond acceptors (Lipinski definition) is 3. The largest absolute Gasteiger partial charge is 0.365 e. The van der Waals surface area contributed by atoms with Crippen LogP contribution in [0.5, 0.6) is 0 Å². The highest BCUT2D eigenvalue weighted by molar-refractivity contribution is 6.05. The SMILES string of the molecule is C/N=C(/CN1C(=O)CCC1=O)N(C)C. The van der Waals surface area contributed by atoms with Crippen LogP contribution in [0.1, 0.15) is 12.8 Å². The monoisotopic (exact) mass is 197 g/mol. The van der Waals surface area contributed by atoms with Crippen molar-refractivity contribution in [2.45, 2.75) is 12.8 Å². The number of likely N-dealkylation sites (tertiary alicyclic amines) is 1. The van der Waals surface area contributed by atoms with Crippen LogP contribution in [-0.2, 0) is 9.59 Å². The number of amidine groups is 1. The predicted molar refractivity (Wildman–Crippen MR) is 53.0 cm³/mol. The van der Waals surface area contributed by atoms with Gasteiger partial charge in [0.2, 0.25) is 11.8 Å². The molecule has 0 spiro atoms. The number of aliphatic imine (C=N–C) groups is 1. The molecule has 0 aromatic rings. The van der Waals surface area contributed by atoms with Gasteiger partial charge in [0, 0.05) is 34.0 Å². The second-order valence-electron chi connectivity index (χ2n) is 3.41. The molecule has 1 fully saturated rings. The Hall–Kier alpha value is -1.39. The quantitative estimate of drug-likeness (QED) is 0.348. The molecule has 0 aromatic heterocycles. The Kier molecular flexibility index (Phi) is 3.22. The minimum atomic E-state index is -0.0991. The number of nitrogens with zero attached hydrogens (tertiary/aromatic N) is 3. The van der Waals surface area contributed by atoms with Crippen molar-refractivity contribution in [3.63, 3.8) is 0 Å². The maximum atomic E-state index is 11.3. The molecule has 0 unspecified atom stereocenters. The number of hydrogen-bond donors (Lipinski definition) is 0. The average Bonchev–Trinajstić information content (AvgIpc) is 2.43. The van der Waals surface area contributed by atoms with Gasteiger partial charge < -0.3 is 4.90 Å². The number of carbonyl (C=O) groups is 2. The topological polar surface area (TPSA) is 53.0 Å². The van der Waals surface area contributed by atoms with Gasteiger partial charge in [0.1, 0.15) is 5.84 Å². The van der Waals surface area contributed by atoms with Gasteiger partial charge in [-0.05, 0) is 0 Å². The van der Waals surface area contributed by atoms with Crippen LogP contribution in [0.2, 0.25) is 0 Å². The van der Waals surface area contributed by atoms with Crippen molar-refractivity contribution >= 4 is 17.6 Å². The van der Waals surface area contributed by atoms with Crippen molar-refractivity contribution in [2.75, 3.05) is 27.7 Å². The molecule has 1 aliphatic heterocycles. The lowest BCUT2D eigenvalue weighted by atomic mass is 10.4. The van der Waals surface area contributed by atoms with Crippen molar-refractivity contribution in [3.8, 4) is 0 Å². The summed E-state index contributed by atoms with van der Waals surface area (Å²) in [5.41, 5.74) is 0. The molecule has 5 heteroatoms. The number of rotatable bonds is 2. The Balaban J connectivity index is 2.67. The van der Waals surface area contributed by atoms with E-state index in [1.165, 1.54) is 4.90 Å². The second kappa shape index (κ2) is 4.21. The molecule has 0 saturated carbocycles. The van der Waals surface area contributed by atoms with Crippen LogP contribution >= 0.6 is 0 Å². The van der Waals surface area contributed by atoms with Crippen molar-refractivity contribution in [1.29, 1.82) is 0 Å². The lowest BCUT2D eigenvalue weighted by molar-refractivity contribution is -0.137. The Morgan fingerprint density at radius 3 is 2.21 bits per heavy atom. The first-order chi connectivity index (χ1) is 6.56. The third-order valence-electron chi connectivity index (χ3n) is 2.23. The lowest BCUT2D eigenvalue weighted by Crippen LogP contribution is -2.39. The smallest absolute Gasteiger partial charge is 0.230 e. The maximum absolute atomic E-state index is 11.3. The fraction of sp³-hybridized carbons (Fsp3) is 0.667. The standard InChI is InChI=1S/C9H15N3O2/c1-10-7(11(2)3)6-12-8(13)4-5-9(12)14/h4-6H2,1-3H3/b10-7-. The van der Waals surface area contributed by atoms with Gasteiger partial charge in [0.05, 0.1) is 6.54 Å². The van der Waals surface area contributed by atoms with E-state index >= 15 is 0 Å². The summed E-state index contributed by atoms with van der Waals surface area (Å²) in [5.74, 6) is 0.532. The summed E-state index contributed by atoms with van der Waals surface area (Å²) in [6, 6.07) is 0. The van der Waals surface area contributed by atoms with Gasteiger partial charge in [-0.25, -0.2) is 0 Å². The number of amides is 2. The Bertz CT molecular complexity index is 268. The molecule has 0 N–H and O–H groups in total. The molecule has 14 heavy (non-hydrogen) atoms. The number of imide groups is 1. The number of carbonyl (C=O) groups excluding carboxylic acids is 2. The molecule has 0 aromatic carbocycles. The van der Waals surface area contributed by atoms with E-state index in [0.29, 0.717) is 19.4 Å². The first-order valence-corrected chi connectivity index (χ1v) is 4.52. The van der Waals surface area contributed by atoms with Crippen LogP contribution in [0.25, 0.3) is 0 Å². The molecule has 2 amide bonds.